The van der Waals surface area contributed by atoms with Gasteiger partial charge in [-0.25, -0.2) is 8.42 Å². The Bertz CT molecular complexity index is 730. The third-order valence-corrected chi connectivity index (χ3v) is 7.29. The topological polar surface area (TPSA) is 75.5 Å². The summed E-state index contributed by atoms with van der Waals surface area (Å²) in [4.78, 5) is 16.7. The number of amides is 1. The predicted molar refractivity (Wildman–Crippen MR) is 96.1 cm³/mol. The van der Waals surface area contributed by atoms with E-state index in [2.05, 4.69) is 16.2 Å². The average molecular weight is 369 g/mol. The normalized spacial score (nSPS) is 28.0. The predicted octanol–water partition coefficient (Wildman–Crippen LogP) is 0.862. The Morgan fingerprint density at radius 2 is 2.16 bits per heavy atom. The summed E-state index contributed by atoms with van der Waals surface area (Å²) in [5.41, 5.74) is 1.14. The summed E-state index contributed by atoms with van der Waals surface area (Å²) < 4.78 is 25.4. The number of likely N-dealkylation sites (N-methyl/N-ethyl adjacent to an activating group) is 1. The van der Waals surface area contributed by atoms with Crippen molar-refractivity contribution in [3.63, 3.8) is 0 Å². The summed E-state index contributed by atoms with van der Waals surface area (Å²) in [7, 11) is -1.25. The monoisotopic (exact) mass is 368 g/mol. The van der Waals surface area contributed by atoms with Crippen LogP contribution in [-0.2, 0) is 14.6 Å². The first kappa shape index (κ1) is 18.4. The van der Waals surface area contributed by atoms with Gasteiger partial charge in [-0.3, -0.25) is 14.4 Å². The van der Waals surface area contributed by atoms with E-state index in [9.17, 15) is 13.2 Å². The fourth-order valence-corrected chi connectivity index (χ4v) is 5.67. The standard InChI is InChI=1S/C17H28N4O3S/c1-13-9-18-21(10-13)15-5-4-7-20(11-15)14(2)17(22)19(3)16-6-8-25(23,24)12-16/h9-10,14-16H,4-8,11-12H2,1-3H3. The maximum absolute atomic E-state index is 12.9. The van der Waals surface area contributed by atoms with Crippen molar-refractivity contribution >= 4 is 15.7 Å². The first-order valence-electron chi connectivity index (χ1n) is 8.99. The molecule has 140 valence electrons. The number of rotatable bonds is 4. The molecule has 2 aliphatic heterocycles. The third-order valence-electron chi connectivity index (χ3n) is 5.54. The van der Waals surface area contributed by atoms with Crippen LogP contribution in [0.1, 0.15) is 37.8 Å². The molecule has 1 aromatic rings. The summed E-state index contributed by atoms with van der Waals surface area (Å²) in [6.45, 7) is 5.64. The van der Waals surface area contributed by atoms with Crippen molar-refractivity contribution < 1.29 is 13.2 Å². The zero-order valence-corrected chi connectivity index (χ0v) is 16.1. The van der Waals surface area contributed by atoms with Gasteiger partial charge in [-0.05, 0) is 45.2 Å². The number of piperidine rings is 1. The molecule has 3 unspecified atom stereocenters. The lowest BCUT2D eigenvalue weighted by atomic mass is 10.0. The van der Waals surface area contributed by atoms with Gasteiger partial charge in [0.25, 0.3) is 0 Å². The molecule has 2 fully saturated rings. The number of carbonyl (C=O) groups is 1. The van der Waals surface area contributed by atoms with Crippen LogP contribution in [0, 0.1) is 6.92 Å². The summed E-state index contributed by atoms with van der Waals surface area (Å²) in [6, 6.07) is -0.142. The molecule has 1 amide bonds. The quantitative estimate of drug-likeness (QED) is 0.788. The van der Waals surface area contributed by atoms with E-state index < -0.39 is 9.84 Å². The van der Waals surface area contributed by atoms with Crippen molar-refractivity contribution in [3.8, 4) is 0 Å². The van der Waals surface area contributed by atoms with Crippen LogP contribution in [0.4, 0.5) is 0 Å². The van der Waals surface area contributed by atoms with Gasteiger partial charge in [0.2, 0.25) is 5.91 Å². The molecule has 25 heavy (non-hydrogen) atoms. The summed E-state index contributed by atoms with van der Waals surface area (Å²) in [5, 5.41) is 4.42. The first-order valence-corrected chi connectivity index (χ1v) is 10.8. The van der Waals surface area contributed by atoms with E-state index in [-0.39, 0.29) is 35.5 Å². The van der Waals surface area contributed by atoms with Crippen molar-refractivity contribution in [2.45, 2.75) is 51.2 Å². The second kappa shape index (κ2) is 7.07. The maximum Gasteiger partial charge on any atom is 0.239 e. The molecule has 2 aliphatic rings. The largest absolute Gasteiger partial charge is 0.340 e. The highest BCUT2D eigenvalue weighted by Crippen LogP contribution is 2.24. The molecule has 0 radical (unpaired) electrons. The molecule has 1 aromatic heterocycles. The molecule has 0 N–H and O–H groups in total. The van der Waals surface area contributed by atoms with Crippen LogP contribution in [0.3, 0.4) is 0 Å². The highest BCUT2D eigenvalue weighted by Gasteiger charge is 2.36. The van der Waals surface area contributed by atoms with E-state index in [0.29, 0.717) is 6.42 Å². The Kier molecular flexibility index (Phi) is 5.20. The molecular weight excluding hydrogens is 340 g/mol. The van der Waals surface area contributed by atoms with E-state index in [4.69, 9.17) is 0 Å². The van der Waals surface area contributed by atoms with Crippen LogP contribution < -0.4 is 0 Å². The molecule has 0 bridgehead atoms. The third kappa shape index (κ3) is 4.06. The Hall–Kier alpha value is -1.41. The fourth-order valence-electron chi connectivity index (χ4n) is 3.90. The van der Waals surface area contributed by atoms with Crippen LogP contribution >= 0.6 is 0 Å². The van der Waals surface area contributed by atoms with E-state index in [1.807, 2.05) is 24.7 Å². The molecule has 3 heterocycles. The van der Waals surface area contributed by atoms with Crippen molar-refractivity contribution in [1.29, 1.82) is 0 Å². The molecule has 0 aliphatic carbocycles. The molecular formula is C17H28N4O3S. The molecule has 0 spiro atoms. The molecule has 8 heteroatoms. The van der Waals surface area contributed by atoms with Crippen LogP contribution in [0.15, 0.2) is 12.4 Å². The Labute approximate surface area is 149 Å². The van der Waals surface area contributed by atoms with Gasteiger partial charge in [0, 0.05) is 25.8 Å². The number of sulfone groups is 1. The lowest BCUT2D eigenvalue weighted by molar-refractivity contribution is -0.137. The number of hydrogen-bond acceptors (Lipinski definition) is 5. The Morgan fingerprint density at radius 3 is 2.76 bits per heavy atom. The highest BCUT2D eigenvalue weighted by atomic mass is 32.2. The van der Waals surface area contributed by atoms with Gasteiger partial charge in [0.1, 0.15) is 0 Å². The van der Waals surface area contributed by atoms with Crippen molar-refractivity contribution in [2.24, 2.45) is 0 Å². The number of carbonyl (C=O) groups excluding carboxylic acids is 1. The zero-order valence-electron chi connectivity index (χ0n) is 15.3. The number of nitrogens with zero attached hydrogens (tertiary/aromatic N) is 4. The number of aryl methyl sites for hydroxylation is 1. The lowest BCUT2D eigenvalue weighted by Gasteiger charge is -2.38. The molecule has 2 saturated heterocycles. The molecule has 7 nitrogen and oxygen atoms in total. The minimum Gasteiger partial charge on any atom is -0.340 e. The number of aromatic nitrogens is 2. The molecule has 0 saturated carbocycles. The zero-order chi connectivity index (χ0) is 18.2. The van der Waals surface area contributed by atoms with Crippen LogP contribution in [0.5, 0.6) is 0 Å². The minimum atomic E-state index is -2.99. The minimum absolute atomic E-state index is 0.0133. The van der Waals surface area contributed by atoms with Gasteiger partial charge in [-0.1, -0.05) is 0 Å². The fraction of sp³-hybridized carbons (Fsp3) is 0.765. The van der Waals surface area contributed by atoms with Gasteiger partial charge < -0.3 is 4.90 Å². The smallest absolute Gasteiger partial charge is 0.239 e. The van der Waals surface area contributed by atoms with E-state index in [1.165, 1.54) is 0 Å². The Morgan fingerprint density at radius 1 is 1.40 bits per heavy atom. The Balaban J connectivity index is 1.63. The number of hydrogen-bond donors (Lipinski definition) is 0. The number of likely N-dealkylation sites (tertiary alicyclic amines) is 1. The second-order valence-electron chi connectivity index (χ2n) is 7.47. The van der Waals surface area contributed by atoms with Crippen molar-refractivity contribution in [2.75, 3.05) is 31.6 Å². The van der Waals surface area contributed by atoms with Gasteiger partial charge in [0.15, 0.2) is 9.84 Å². The summed E-state index contributed by atoms with van der Waals surface area (Å²) in [6.07, 6.45) is 6.56. The van der Waals surface area contributed by atoms with Crippen LogP contribution in [0.25, 0.3) is 0 Å². The van der Waals surface area contributed by atoms with Crippen LogP contribution in [0.2, 0.25) is 0 Å². The van der Waals surface area contributed by atoms with E-state index >= 15 is 0 Å². The van der Waals surface area contributed by atoms with E-state index in [0.717, 1.165) is 31.5 Å². The van der Waals surface area contributed by atoms with Crippen LogP contribution in [-0.4, -0.2) is 77.6 Å². The summed E-state index contributed by atoms with van der Waals surface area (Å²) >= 11 is 0. The average Bonchev–Trinajstić information content (AvgIpc) is 3.18. The van der Waals surface area contributed by atoms with E-state index in [1.54, 1.807) is 11.9 Å². The second-order valence-corrected chi connectivity index (χ2v) is 9.70. The van der Waals surface area contributed by atoms with Crippen molar-refractivity contribution in [3.05, 3.63) is 18.0 Å². The first-order chi connectivity index (χ1) is 11.8. The lowest BCUT2D eigenvalue weighted by Crippen LogP contribution is -2.52. The highest BCUT2D eigenvalue weighted by molar-refractivity contribution is 7.91. The summed E-state index contributed by atoms with van der Waals surface area (Å²) in [5.74, 6) is 0.296. The van der Waals surface area contributed by atoms with Gasteiger partial charge in [0.05, 0.1) is 29.8 Å². The molecule has 0 aromatic carbocycles. The van der Waals surface area contributed by atoms with Crippen molar-refractivity contribution in [1.82, 2.24) is 19.6 Å². The van der Waals surface area contributed by atoms with Gasteiger partial charge >= 0.3 is 0 Å². The molecule has 3 rings (SSSR count). The van der Waals surface area contributed by atoms with Gasteiger partial charge in [-0.2, -0.15) is 5.10 Å². The SMILES string of the molecule is Cc1cnn(C2CCCN(C(C)C(=O)N(C)C3CCS(=O)(=O)C3)C2)c1. The van der Waals surface area contributed by atoms with Gasteiger partial charge in [-0.15, -0.1) is 0 Å². The maximum atomic E-state index is 12.9. The molecule has 3 atom stereocenters.